The SMILES string of the molecule is CCCCN(C(=O)CCCN1C(=O)c2ccccc2C1=O)c1ccccc1. The summed E-state index contributed by atoms with van der Waals surface area (Å²) < 4.78 is 0. The monoisotopic (exact) mass is 364 g/mol. The molecule has 140 valence electrons. The van der Waals surface area contributed by atoms with Crippen molar-refractivity contribution in [1.82, 2.24) is 4.90 Å². The highest BCUT2D eigenvalue weighted by atomic mass is 16.2. The number of nitrogens with zero attached hydrogens (tertiary/aromatic N) is 2. The van der Waals surface area contributed by atoms with Crippen molar-refractivity contribution >= 4 is 23.4 Å². The fraction of sp³-hybridized carbons (Fsp3) is 0.318. The molecule has 0 fully saturated rings. The van der Waals surface area contributed by atoms with Gasteiger partial charge in [0.1, 0.15) is 0 Å². The second-order valence-corrected chi connectivity index (χ2v) is 6.65. The molecule has 0 saturated carbocycles. The molecule has 0 aliphatic carbocycles. The Morgan fingerprint density at radius 2 is 1.48 bits per heavy atom. The topological polar surface area (TPSA) is 57.7 Å². The minimum absolute atomic E-state index is 0.0197. The summed E-state index contributed by atoms with van der Waals surface area (Å²) >= 11 is 0. The number of amides is 3. The van der Waals surface area contributed by atoms with Crippen LogP contribution in [0.2, 0.25) is 0 Å². The number of para-hydroxylation sites is 1. The van der Waals surface area contributed by atoms with E-state index in [1.54, 1.807) is 29.2 Å². The Balaban J connectivity index is 1.60. The van der Waals surface area contributed by atoms with Gasteiger partial charge in [-0.15, -0.1) is 0 Å². The number of anilines is 1. The highest BCUT2D eigenvalue weighted by Crippen LogP contribution is 2.23. The second-order valence-electron chi connectivity index (χ2n) is 6.65. The number of carbonyl (C=O) groups is 3. The van der Waals surface area contributed by atoms with E-state index >= 15 is 0 Å². The van der Waals surface area contributed by atoms with Crippen molar-refractivity contribution in [3.05, 3.63) is 65.7 Å². The fourth-order valence-electron chi connectivity index (χ4n) is 3.29. The Morgan fingerprint density at radius 1 is 0.889 bits per heavy atom. The smallest absolute Gasteiger partial charge is 0.261 e. The molecule has 0 spiro atoms. The van der Waals surface area contributed by atoms with Crippen molar-refractivity contribution in [3.63, 3.8) is 0 Å². The zero-order chi connectivity index (χ0) is 19.2. The normalized spacial score (nSPS) is 13.0. The average Bonchev–Trinajstić information content (AvgIpc) is 2.94. The maximum atomic E-state index is 12.7. The summed E-state index contributed by atoms with van der Waals surface area (Å²) in [5, 5.41) is 0. The van der Waals surface area contributed by atoms with E-state index in [-0.39, 0.29) is 24.3 Å². The largest absolute Gasteiger partial charge is 0.312 e. The first-order chi connectivity index (χ1) is 13.1. The Morgan fingerprint density at radius 3 is 2.07 bits per heavy atom. The van der Waals surface area contributed by atoms with Crippen molar-refractivity contribution in [2.24, 2.45) is 0 Å². The van der Waals surface area contributed by atoms with Gasteiger partial charge >= 0.3 is 0 Å². The number of rotatable bonds is 8. The van der Waals surface area contributed by atoms with Gasteiger partial charge in [-0.05, 0) is 37.1 Å². The van der Waals surface area contributed by atoms with Gasteiger partial charge in [0.05, 0.1) is 11.1 Å². The van der Waals surface area contributed by atoms with Crippen LogP contribution in [0.1, 0.15) is 53.3 Å². The molecule has 0 N–H and O–H groups in total. The van der Waals surface area contributed by atoms with E-state index in [1.807, 2.05) is 30.3 Å². The Bertz CT molecular complexity index is 797. The van der Waals surface area contributed by atoms with Gasteiger partial charge in [0.25, 0.3) is 11.8 Å². The van der Waals surface area contributed by atoms with Gasteiger partial charge in [0.2, 0.25) is 5.91 Å². The van der Waals surface area contributed by atoms with E-state index in [1.165, 1.54) is 4.90 Å². The van der Waals surface area contributed by atoms with Gasteiger partial charge in [-0.3, -0.25) is 19.3 Å². The van der Waals surface area contributed by atoms with Gasteiger partial charge in [0, 0.05) is 25.2 Å². The molecular formula is C22H24N2O3. The molecule has 1 aliphatic rings. The Kier molecular flexibility index (Phi) is 6.01. The van der Waals surface area contributed by atoms with Crippen LogP contribution in [0, 0.1) is 0 Å². The van der Waals surface area contributed by atoms with Gasteiger partial charge < -0.3 is 4.90 Å². The molecule has 27 heavy (non-hydrogen) atoms. The van der Waals surface area contributed by atoms with Crippen LogP contribution in [0.4, 0.5) is 5.69 Å². The predicted molar refractivity (Wildman–Crippen MR) is 105 cm³/mol. The lowest BCUT2D eigenvalue weighted by molar-refractivity contribution is -0.118. The van der Waals surface area contributed by atoms with E-state index in [2.05, 4.69) is 6.92 Å². The van der Waals surface area contributed by atoms with Crippen molar-refractivity contribution in [2.45, 2.75) is 32.6 Å². The quantitative estimate of drug-likeness (QED) is 0.668. The molecule has 3 rings (SSSR count). The van der Waals surface area contributed by atoms with Crippen LogP contribution in [0.25, 0.3) is 0 Å². The molecule has 1 heterocycles. The van der Waals surface area contributed by atoms with E-state index < -0.39 is 0 Å². The molecule has 0 bridgehead atoms. The number of carbonyl (C=O) groups excluding carboxylic acids is 3. The molecule has 0 radical (unpaired) electrons. The second kappa shape index (κ2) is 8.62. The maximum Gasteiger partial charge on any atom is 0.261 e. The van der Waals surface area contributed by atoms with Gasteiger partial charge in [-0.1, -0.05) is 43.7 Å². The van der Waals surface area contributed by atoms with Gasteiger partial charge in [-0.2, -0.15) is 0 Å². The van der Waals surface area contributed by atoms with E-state index in [9.17, 15) is 14.4 Å². The van der Waals surface area contributed by atoms with Crippen molar-refractivity contribution in [3.8, 4) is 0 Å². The molecule has 0 saturated heterocycles. The first-order valence-corrected chi connectivity index (χ1v) is 9.44. The van der Waals surface area contributed by atoms with Crippen molar-refractivity contribution in [1.29, 1.82) is 0 Å². The number of unbranched alkanes of at least 4 members (excludes halogenated alkanes) is 1. The Hall–Kier alpha value is -2.95. The minimum Gasteiger partial charge on any atom is -0.312 e. The van der Waals surface area contributed by atoms with Crippen LogP contribution >= 0.6 is 0 Å². The third kappa shape index (κ3) is 4.08. The number of hydrogen-bond acceptors (Lipinski definition) is 3. The van der Waals surface area contributed by atoms with Crippen LogP contribution in [-0.2, 0) is 4.79 Å². The minimum atomic E-state index is -0.269. The highest BCUT2D eigenvalue weighted by Gasteiger charge is 2.34. The maximum absolute atomic E-state index is 12.7. The summed E-state index contributed by atoms with van der Waals surface area (Å²) in [7, 11) is 0. The van der Waals surface area contributed by atoms with Crippen LogP contribution in [0.3, 0.4) is 0 Å². The van der Waals surface area contributed by atoms with Crippen molar-refractivity contribution in [2.75, 3.05) is 18.0 Å². The predicted octanol–water partition coefficient (Wildman–Crippen LogP) is 3.90. The summed E-state index contributed by atoms with van der Waals surface area (Å²) in [6.45, 7) is 3.02. The molecule has 0 unspecified atom stereocenters. The van der Waals surface area contributed by atoms with E-state index in [4.69, 9.17) is 0 Å². The molecular weight excluding hydrogens is 340 g/mol. The van der Waals surface area contributed by atoms with Crippen LogP contribution in [0.5, 0.6) is 0 Å². The lowest BCUT2D eigenvalue weighted by Gasteiger charge is -2.23. The molecule has 5 nitrogen and oxygen atoms in total. The highest BCUT2D eigenvalue weighted by molar-refractivity contribution is 6.21. The number of hydrogen-bond donors (Lipinski definition) is 0. The Labute approximate surface area is 159 Å². The molecule has 2 aromatic rings. The first kappa shape index (κ1) is 18.8. The lowest BCUT2D eigenvalue weighted by atomic mass is 10.1. The molecule has 1 aliphatic heterocycles. The summed E-state index contributed by atoms with van der Waals surface area (Å²) in [4.78, 5) is 40.6. The summed E-state index contributed by atoms with van der Waals surface area (Å²) in [5.74, 6) is -0.519. The van der Waals surface area contributed by atoms with Crippen molar-refractivity contribution < 1.29 is 14.4 Å². The van der Waals surface area contributed by atoms with Gasteiger partial charge in [-0.25, -0.2) is 0 Å². The standard InChI is InChI=1S/C22H24N2O3/c1-2-3-15-23(17-10-5-4-6-11-17)20(25)14-9-16-24-21(26)18-12-7-8-13-19(18)22(24)27/h4-8,10-13H,2-3,9,14-16H2,1H3. The molecule has 0 atom stereocenters. The number of imide groups is 1. The zero-order valence-corrected chi connectivity index (χ0v) is 15.6. The number of fused-ring (bicyclic) bond motifs is 1. The third-order valence-corrected chi connectivity index (χ3v) is 4.75. The fourth-order valence-corrected chi connectivity index (χ4v) is 3.29. The van der Waals surface area contributed by atoms with E-state index in [0.29, 0.717) is 30.5 Å². The number of benzene rings is 2. The molecule has 5 heteroatoms. The summed E-state index contributed by atoms with van der Waals surface area (Å²) in [6.07, 6.45) is 2.69. The van der Waals surface area contributed by atoms with Gasteiger partial charge in [0.15, 0.2) is 0 Å². The molecule has 0 aromatic heterocycles. The third-order valence-electron chi connectivity index (χ3n) is 4.75. The lowest BCUT2D eigenvalue weighted by Crippen LogP contribution is -2.34. The van der Waals surface area contributed by atoms with Crippen LogP contribution in [-0.4, -0.2) is 35.7 Å². The summed E-state index contributed by atoms with van der Waals surface area (Å²) in [5.41, 5.74) is 1.78. The summed E-state index contributed by atoms with van der Waals surface area (Å²) in [6, 6.07) is 16.5. The molecule has 2 aromatic carbocycles. The zero-order valence-electron chi connectivity index (χ0n) is 15.6. The van der Waals surface area contributed by atoms with Crippen LogP contribution < -0.4 is 4.90 Å². The molecule has 3 amide bonds. The first-order valence-electron chi connectivity index (χ1n) is 9.44. The average molecular weight is 364 g/mol. The van der Waals surface area contributed by atoms with E-state index in [0.717, 1.165) is 18.5 Å². The van der Waals surface area contributed by atoms with Crippen LogP contribution in [0.15, 0.2) is 54.6 Å².